The molecule has 1 aliphatic rings. The number of hydrogen-bond acceptors (Lipinski definition) is 3. The summed E-state index contributed by atoms with van der Waals surface area (Å²) in [6.07, 6.45) is 3.76. The van der Waals surface area contributed by atoms with Gasteiger partial charge in [-0.15, -0.1) is 0 Å². The zero-order valence-corrected chi connectivity index (χ0v) is 12.2. The Morgan fingerprint density at radius 3 is 2.89 bits per heavy atom. The zero-order valence-electron chi connectivity index (χ0n) is 12.2. The second kappa shape index (κ2) is 6.92. The Balaban J connectivity index is 2.18. The summed E-state index contributed by atoms with van der Waals surface area (Å²) < 4.78 is 11.2. The van der Waals surface area contributed by atoms with Crippen LogP contribution in [-0.2, 0) is 4.74 Å². The molecule has 0 saturated carbocycles. The summed E-state index contributed by atoms with van der Waals surface area (Å²) in [7, 11) is 1.72. The molecular formula is C16H25NO2. The summed E-state index contributed by atoms with van der Waals surface area (Å²) in [6, 6.07) is 6.72. The highest BCUT2D eigenvalue weighted by Gasteiger charge is 2.27. The van der Waals surface area contributed by atoms with Crippen LogP contribution in [0.15, 0.2) is 18.2 Å². The van der Waals surface area contributed by atoms with Crippen molar-refractivity contribution in [3.8, 4) is 5.75 Å². The van der Waals surface area contributed by atoms with Gasteiger partial charge < -0.3 is 14.8 Å². The van der Waals surface area contributed by atoms with E-state index in [2.05, 4.69) is 37.4 Å². The van der Waals surface area contributed by atoms with Gasteiger partial charge in [-0.05, 0) is 49.9 Å². The van der Waals surface area contributed by atoms with Crippen molar-refractivity contribution < 1.29 is 9.47 Å². The third kappa shape index (κ3) is 3.48. The van der Waals surface area contributed by atoms with Crippen LogP contribution in [0, 0.1) is 6.92 Å². The molecule has 1 aromatic rings. The first-order chi connectivity index (χ1) is 9.26. The summed E-state index contributed by atoms with van der Waals surface area (Å²) in [5.74, 6) is 0.949. The van der Waals surface area contributed by atoms with Crippen molar-refractivity contribution in [1.82, 2.24) is 5.32 Å². The summed E-state index contributed by atoms with van der Waals surface area (Å²) in [6.45, 7) is 6.20. The van der Waals surface area contributed by atoms with E-state index in [0.717, 1.165) is 31.7 Å². The van der Waals surface area contributed by atoms with Crippen LogP contribution in [0.3, 0.4) is 0 Å². The minimum Gasteiger partial charge on any atom is -0.496 e. The van der Waals surface area contributed by atoms with Gasteiger partial charge in [0, 0.05) is 6.61 Å². The van der Waals surface area contributed by atoms with Crippen molar-refractivity contribution in [3.05, 3.63) is 29.3 Å². The van der Waals surface area contributed by atoms with Crippen LogP contribution in [0.4, 0.5) is 0 Å². The highest BCUT2D eigenvalue weighted by molar-refractivity contribution is 5.37. The minimum atomic E-state index is 0.298. The number of hydrogen-bond donors (Lipinski definition) is 1. The summed E-state index contributed by atoms with van der Waals surface area (Å²) in [5.41, 5.74) is 2.49. The Morgan fingerprint density at radius 2 is 2.32 bits per heavy atom. The van der Waals surface area contributed by atoms with E-state index in [1.807, 2.05) is 0 Å². The first-order valence-electron chi connectivity index (χ1n) is 7.25. The van der Waals surface area contributed by atoms with E-state index in [4.69, 9.17) is 9.47 Å². The molecule has 1 aromatic carbocycles. The van der Waals surface area contributed by atoms with Crippen molar-refractivity contribution in [2.75, 3.05) is 20.3 Å². The fourth-order valence-corrected chi connectivity index (χ4v) is 2.72. The quantitative estimate of drug-likeness (QED) is 0.855. The first kappa shape index (κ1) is 14.4. The Morgan fingerprint density at radius 1 is 1.47 bits per heavy atom. The molecule has 1 aliphatic heterocycles. The lowest BCUT2D eigenvalue weighted by Gasteiger charge is -2.25. The molecule has 0 bridgehead atoms. The lowest BCUT2D eigenvalue weighted by molar-refractivity contribution is 0.0783. The largest absolute Gasteiger partial charge is 0.496 e. The minimum absolute atomic E-state index is 0.298. The van der Waals surface area contributed by atoms with Gasteiger partial charge in [0.25, 0.3) is 0 Å². The maximum atomic E-state index is 5.87. The number of aryl methyl sites for hydroxylation is 1. The Bertz CT molecular complexity index is 400. The maximum absolute atomic E-state index is 5.87. The van der Waals surface area contributed by atoms with Crippen molar-refractivity contribution in [2.24, 2.45) is 0 Å². The van der Waals surface area contributed by atoms with Gasteiger partial charge in [0.15, 0.2) is 0 Å². The van der Waals surface area contributed by atoms with Crippen molar-refractivity contribution >= 4 is 0 Å². The summed E-state index contributed by atoms with van der Waals surface area (Å²) in [4.78, 5) is 0. The van der Waals surface area contributed by atoms with Crippen molar-refractivity contribution in [3.63, 3.8) is 0 Å². The van der Waals surface area contributed by atoms with Gasteiger partial charge >= 0.3 is 0 Å². The van der Waals surface area contributed by atoms with E-state index in [1.54, 1.807) is 7.11 Å². The van der Waals surface area contributed by atoms with Crippen LogP contribution in [0.1, 0.15) is 43.4 Å². The second-order valence-electron chi connectivity index (χ2n) is 5.21. The van der Waals surface area contributed by atoms with Crippen LogP contribution >= 0.6 is 0 Å². The molecule has 1 saturated heterocycles. The molecular weight excluding hydrogens is 238 g/mol. The van der Waals surface area contributed by atoms with E-state index in [9.17, 15) is 0 Å². The number of benzene rings is 1. The maximum Gasteiger partial charge on any atom is 0.121 e. The molecule has 1 heterocycles. The predicted octanol–water partition coefficient (Wildman–Crippen LogP) is 3.22. The SMILES string of the molecule is CCCNC(c1ccc(OC)c(C)c1)C1CCCO1. The molecule has 0 amide bonds. The average molecular weight is 263 g/mol. The second-order valence-corrected chi connectivity index (χ2v) is 5.21. The molecule has 3 nitrogen and oxygen atoms in total. The monoisotopic (exact) mass is 263 g/mol. The van der Waals surface area contributed by atoms with Gasteiger partial charge in [-0.1, -0.05) is 19.1 Å². The molecule has 3 heteroatoms. The average Bonchev–Trinajstić information content (AvgIpc) is 2.93. The lowest BCUT2D eigenvalue weighted by atomic mass is 9.97. The van der Waals surface area contributed by atoms with Gasteiger partial charge in [-0.3, -0.25) is 0 Å². The molecule has 2 atom stereocenters. The summed E-state index contributed by atoms with van der Waals surface area (Å²) in [5, 5.41) is 3.63. The van der Waals surface area contributed by atoms with Gasteiger partial charge in [-0.25, -0.2) is 0 Å². The molecule has 0 spiro atoms. The fraction of sp³-hybridized carbons (Fsp3) is 0.625. The highest BCUT2D eigenvalue weighted by atomic mass is 16.5. The lowest BCUT2D eigenvalue weighted by Crippen LogP contribution is -2.32. The molecule has 19 heavy (non-hydrogen) atoms. The van der Waals surface area contributed by atoms with E-state index < -0.39 is 0 Å². The molecule has 0 radical (unpaired) electrons. The molecule has 2 rings (SSSR count). The van der Waals surface area contributed by atoms with Gasteiger partial charge in [0.1, 0.15) is 5.75 Å². The van der Waals surface area contributed by atoms with Gasteiger partial charge in [0.05, 0.1) is 19.3 Å². The van der Waals surface area contributed by atoms with Gasteiger partial charge in [0.2, 0.25) is 0 Å². The Kier molecular flexibility index (Phi) is 5.23. The van der Waals surface area contributed by atoms with Crippen LogP contribution in [0.2, 0.25) is 0 Å². The molecule has 2 unspecified atom stereocenters. The predicted molar refractivity (Wildman–Crippen MR) is 77.7 cm³/mol. The molecule has 1 N–H and O–H groups in total. The van der Waals surface area contributed by atoms with E-state index >= 15 is 0 Å². The number of rotatable bonds is 6. The van der Waals surface area contributed by atoms with Crippen molar-refractivity contribution in [1.29, 1.82) is 0 Å². The van der Waals surface area contributed by atoms with E-state index in [0.29, 0.717) is 12.1 Å². The highest BCUT2D eigenvalue weighted by Crippen LogP contribution is 2.29. The molecule has 1 fully saturated rings. The zero-order chi connectivity index (χ0) is 13.7. The van der Waals surface area contributed by atoms with Crippen LogP contribution < -0.4 is 10.1 Å². The normalized spacial score (nSPS) is 20.5. The van der Waals surface area contributed by atoms with Crippen molar-refractivity contribution in [2.45, 2.75) is 45.3 Å². The Labute approximate surface area is 116 Å². The third-order valence-corrected chi connectivity index (χ3v) is 3.73. The Hall–Kier alpha value is -1.06. The van der Waals surface area contributed by atoms with Crippen LogP contribution in [0.25, 0.3) is 0 Å². The van der Waals surface area contributed by atoms with Crippen LogP contribution in [0.5, 0.6) is 5.75 Å². The van der Waals surface area contributed by atoms with Crippen LogP contribution in [-0.4, -0.2) is 26.4 Å². The standard InChI is InChI=1S/C16H25NO2/c1-4-9-17-16(15-6-5-10-19-15)13-7-8-14(18-3)12(2)11-13/h7-8,11,15-17H,4-6,9-10H2,1-3H3. The number of nitrogens with one attached hydrogen (secondary N) is 1. The summed E-state index contributed by atoms with van der Waals surface area (Å²) >= 11 is 0. The topological polar surface area (TPSA) is 30.5 Å². The van der Waals surface area contributed by atoms with E-state index in [1.165, 1.54) is 17.5 Å². The molecule has 0 aromatic heterocycles. The van der Waals surface area contributed by atoms with E-state index in [-0.39, 0.29) is 0 Å². The fourth-order valence-electron chi connectivity index (χ4n) is 2.72. The number of ether oxygens (including phenoxy) is 2. The van der Waals surface area contributed by atoms with Gasteiger partial charge in [-0.2, -0.15) is 0 Å². The first-order valence-corrected chi connectivity index (χ1v) is 7.25. The smallest absolute Gasteiger partial charge is 0.121 e. The molecule has 106 valence electrons. The third-order valence-electron chi connectivity index (χ3n) is 3.73. The number of methoxy groups -OCH3 is 1. The molecule has 0 aliphatic carbocycles.